The molecule has 0 spiro atoms. The summed E-state index contributed by atoms with van der Waals surface area (Å²) in [5.41, 5.74) is 7.75. The molecule has 2 nitrogen and oxygen atoms in total. The summed E-state index contributed by atoms with van der Waals surface area (Å²) < 4.78 is 2.18. The molecule has 0 aliphatic rings. The summed E-state index contributed by atoms with van der Waals surface area (Å²) in [5, 5.41) is 0. The Balaban J connectivity index is 2.80. The summed E-state index contributed by atoms with van der Waals surface area (Å²) in [5.74, 6) is 0. The SMILES string of the molecule is Cc1cccc(-n2c(C)c(C)c(C=O)c2C)c1C. The highest BCUT2D eigenvalue weighted by Crippen LogP contribution is 2.27. The van der Waals surface area contributed by atoms with Gasteiger partial charge in [0.2, 0.25) is 0 Å². The van der Waals surface area contributed by atoms with Gasteiger partial charge in [0.15, 0.2) is 6.29 Å². The van der Waals surface area contributed by atoms with E-state index in [2.05, 4.69) is 43.5 Å². The first-order valence-corrected chi connectivity index (χ1v) is 6.19. The van der Waals surface area contributed by atoms with Gasteiger partial charge in [-0.1, -0.05) is 12.1 Å². The van der Waals surface area contributed by atoms with Crippen LogP contribution in [0.4, 0.5) is 0 Å². The predicted octanol–water partition coefficient (Wildman–Crippen LogP) is 3.83. The van der Waals surface area contributed by atoms with Gasteiger partial charge in [-0.2, -0.15) is 0 Å². The molecule has 2 aromatic rings. The Morgan fingerprint density at radius 3 is 2.17 bits per heavy atom. The van der Waals surface area contributed by atoms with Crippen molar-refractivity contribution in [3.05, 3.63) is 51.8 Å². The van der Waals surface area contributed by atoms with E-state index in [1.165, 1.54) is 16.8 Å². The van der Waals surface area contributed by atoms with Crippen molar-refractivity contribution in [2.75, 3.05) is 0 Å². The number of aromatic nitrogens is 1. The van der Waals surface area contributed by atoms with E-state index in [-0.39, 0.29) is 0 Å². The van der Waals surface area contributed by atoms with E-state index in [4.69, 9.17) is 0 Å². The van der Waals surface area contributed by atoms with Gasteiger partial charge in [0.1, 0.15) is 0 Å². The summed E-state index contributed by atoms with van der Waals surface area (Å²) in [4.78, 5) is 11.2. The molecule has 94 valence electrons. The van der Waals surface area contributed by atoms with Crippen molar-refractivity contribution < 1.29 is 4.79 Å². The summed E-state index contributed by atoms with van der Waals surface area (Å²) >= 11 is 0. The van der Waals surface area contributed by atoms with Crippen molar-refractivity contribution >= 4 is 6.29 Å². The molecule has 0 unspecified atom stereocenters. The molecule has 18 heavy (non-hydrogen) atoms. The Morgan fingerprint density at radius 2 is 1.61 bits per heavy atom. The van der Waals surface area contributed by atoms with Crippen LogP contribution in [0, 0.1) is 34.6 Å². The molecule has 0 aliphatic heterocycles. The molecule has 2 heteroatoms. The molecule has 1 heterocycles. The third kappa shape index (κ3) is 1.69. The number of carbonyl (C=O) groups excluding carboxylic acids is 1. The minimum absolute atomic E-state index is 0.813. The second-order valence-electron chi connectivity index (χ2n) is 4.88. The fourth-order valence-electron chi connectivity index (χ4n) is 2.52. The summed E-state index contributed by atoms with van der Waals surface area (Å²) in [6, 6.07) is 6.28. The van der Waals surface area contributed by atoms with Crippen LogP contribution in [0.5, 0.6) is 0 Å². The molecule has 0 atom stereocenters. The van der Waals surface area contributed by atoms with Crippen LogP contribution in [0.25, 0.3) is 5.69 Å². The van der Waals surface area contributed by atoms with Crippen LogP contribution < -0.4 is 0 Å². The Morgan fingerprint density at radius 1 is 0.944 bits per heavy atom. The minimum Gasteiger partial charge on any atom is -0.317 e. The zero-order chi connectivity index (χ0) is 13.4. The van der Waals surface area contributed by atoms with Gasteiger partial charge in [-0.3, -0.25) is 4.79 Å². The molecule has 0 aliphatic carbocycles. The molecular weight excluding hydrogens is 222 g/mol. The maximum atomic E-state index is 11.2. The fourth-order valence-corrected chi connectivity index (χ4v) is 2.52. The Kier molecular flexibility index (Phi) is 3.12. The molecule has 0 N–H and O–H groups in total. The van der Waals surface area contributed by atoms with Gasteiger partial charge < -0.3 is 4.57 Å². The normalized spacial score (nSPS) is 10.7. The quantitative estimate of drug-likeness (QED) is 0.732. The molecule has 0 saturated heterocycles. The molecule has 0 bridgehead atoms. The maximum absolute atomic E-state index is 11.2. The molecule has 1 aromatic heterocycles. The lowest BCUT2D eigenvalue weighted by atomic mass is 10.1. The standard InChI is InChI=1S/C16H19NO/c1-10-7-6-8-16(11(10)2)17-13(4)12(3)15(9-18)14(17)5/h6-9H,1-5H3. The van der Waals surface area contributed by atoms with Crippen molar-refractivity contribution in [1.29, 1.82) is 0 Å². The number of carbonyl (C=O) groups is 1. The molecule has 0 amide bonds. The van der Waals surface area contributed by atoms with Gasteiger partial charge in [0.05, 0.1) is 0 Å². The van der Waals surface area contributed by atoms with E-state index in [1.807, 2.05) is 13.8 Å². The summed E-state index contributed by atoms with van der Waals surface area (Å²) in [7, 11) is 0. The molecule has 2 rings (SSSR count). The van der Waals surface area contributed by atoms with E-state index in [0.29, 0.717) is 0 Å². The van der Waals surface area contributed by atoms with Crippen molar-refractivity contribution in [2.24, 2.45) is 0 Å². The Labute approximate surface area is 108 Å². The highest BCUT2D eigenvalue weighted by molar-refractivity contribution is 5.80. The lowest BCUT2D eigenvalue weighted by molar-refractivity contribution is 0.112. The van der Waals surface area contributed by atoms with E-state index in [0.717, 1.165) is 28.8 Å². The summed E-state index contributed by atoms with van der Waals surface area (Å²) in [6.07, 6.45) is 0.958. The van der Waals surface area contributed by atoms with E-state index < -0.39 is 0 Å². The smallest absolute Gasteiger partial charge is 0.152 e. The molecule has 0 saturated carbocycles. The predicted molar refractivity (Wildman–Crippen MR) is 74.8 cm³/mol. The second-order valence-corrected chi connectivity index (χ2v) is 4.88. The lowest BCUT2D eigenvalue weighted by Gasteiger charge is -2.14. The Bertz CT molecular complexity index is 621. The van der Waals surface area contributed by atoms with E-state index >= 15 is 0 Å². The lowest BCUT2D eigenvalue weighted by Crippen LogP contribution is -2.03. The largest absolute Gasteiger partial charge is 0.317 e. The molecular formula is C16H19NO. The first kappa shape index (κ1) is 12.6. The molecule has 1 aromatic carbocycles. The average molecular weight is 241 g/mol. The van der Waals surface area contributed by atoms with Crippen LogP contribution >= 0.6 is 0 Å². The van der Waals surface area contributed by atoms with Crippen LogP contribution in [0.3, 0.4) is 0 Å². The van der Waals surface area contributed by atoms with Gasteiger partial charge in [0.25, 0.3) is 0 Å². The van der Waals surface area contributed by atoms with Crippen molar-refractivity contribution in [3.8, 4) is 5.69 Å². The van der Waals surface area contributed by atoms with Gasteiger partial charge >= 0.3 is 0 Å². The molecule has 0 radical (unpaired) electrons. The van der Waals surface area contributed by atoms with Crippen LogP contribution in [-0.4, -0.2) is 10.9 Å². The molecule has 0 fully saturated rings. The van der Waals surface area contributed by atoms with Crippen LogP contribution in [-0.2, 0) is 0 Å². The van der Waals surface area contributed by atoms with Gasteiger partial charge in [-0.25, -0.2) is 0 Å². The van der Waals surface area contributed by atoms with Gasteiger partial charge in [-0.15, -0.1) is 0 Å². The maximum Gasteiger partial charge on any atom is 0.152 e. The van der Waals surface area contributed by atoms with E-state index in [9.17, 15) is 4.79 Å². The monoisotopic (exact) mass is 241 g/mol. The zero-order valence-corrected chi connectivity index (χ0v) is 11.7. The highest BCUT2D eigenvalue weighted by Gasteiger charge is 2.16. The number of aryl methyl sites for hydroxylation is 1. The number of hydrogen-bond acceptors (Lipinski definition) is 1. The number of benzene rings is 1. The topological polar surface area (TPSA) is 22.0 Å². The average Bonchev–Trinajstić information content (AvgIpc) is 2.55. The number of hydrogen-bond donors (Lipinski definition) is 0. The van der Waals surface area contributed by atoms with Crippen molar-refractivity contribution in [2.45, 2.75) is 34.6 Å². The van der Waals surface area contributed by atoms with Crippen LogP contribution in [0.15, 0.2) is 18.2 Å². The number of aldehydes is 1. The first-order chi connectivity index (χ1) is 8.49. The zero-order valence-electron chi connectivity index (χ0n) is 11.7. The first-order valence-electron chi connectivity index (χ1n) is 6.19. The fraction of sp³-hybridized carbons (Fsp3) is 0.312. The van der Waals surface area contributed by atoms with Crippen LogP contribution in [0.2, 0.25) is 0 Å². The third-order valence-electron chi connectivity index (χ3n) is 3.94. The van der Waals surface area contributed by atoms with Crippen LogP contribution in [0.1, 0.15) is 38.4 Å². The van der Waals surface area contributed by atoms with Crippen molar-refractivity contribution in [1.82, 2.24) is 4.57 Å². The highest BCUT2D eigenvalue weighted by atomic mass is 16.1. The van der Waals surface area contributed by atoms with Gasteiger partial charge in [0, 0.05) is 22.6 Å². The summed E-state index contributed by atoms with van der Waals surface area (Å²) in [6.45, 7) is 10.3. The third-order valence-corrected chi connectivity index (χ3v) is 3.94. The Hall–Kier alpha value is -1.83. The van der Waals surface area contributed by atoms with Gasteiger partial charge in [-0.05, 0) is 57.4 Å². The number of nitrogens with zero attached hydrogens (tertiary/aromatic N) is 1. The minimum atomic E-state index is 0.813. The van der Waals surface area contributed by atoms with Crippen molar-refractivity contribution in [3.63, 3.8) is 0 Å². The second kappa shape index (κ2) is 4.45. The number of rotatable bonds is 2. The van der Waals surface area contributed by atoms with E-state index in [1.54, 1.807) is 0 Å².